The molecule has 2 N–H and O–H groups in total. The van der Waals surface area contributed by atoms with Crippen LogP contribution in [0.1, 0.15) is 18.7 Å². The maximum Gasteiger partial charge on any atom is 0.238 e. The van der Waals surface area contributed by atoms with Crippen LogP contribution in [0.4, 0.5) is 17.2 Å². The third kappa shape index (κ3) is 3.82. The minimum absolute atomic E-state index is 0.0729. The first kappa shape index (κ1) is 21.1. The second-order valence-corrected chi connectivity index (χ2v) is 8.53. The van der Waals surface area contributed by atoms with E-state index in [1.165, 1.54) is 0 Å². The van der Waals surface area contributed by atoms with E-state index < -0.39 is 0 Å². The molecule has 1 saturated heterocycles. The van der Waals surface area contributed by atoms with Gasteiger partial charge >= 0.3 is 0 Å². The van der Waals surface area contributed by atoms with Crippen molar-refractivity contribution in [2.75, 3.05) is 23.9 Å². The van der Waals surface area contributed by atoms with Crippen LogP contribution in [0, 0.1) is 6.92 Å². The van der Waals surface area contributed by atoms with Crippen LogP contribution in [0.5, 0.6) is 11.6 Å². The van der Waals surface area contributed by atoms with E-state index in [-0.39, 0.29) is 11.9 Å². The van der Waals surface area contributed by atoms with Crippen LogP contribution in [0.15, 0.2) is 48.8 Å². The number of carbonyl (C=O) groups excluding carboxylic acids is 1. The summed E-state index contributed by atoms with van der Waals surface area (Å²) in [6, 6.07) is 11.7. The number of methoxy groups -OCH3 is 1. The standard InChI is InChI=1S/C25H23N7O3/c1-14-28-24(31-30-14)16-5-3-15(4-6-16)19-12-26-22(10-21(19)34-2)29-17-9-20-25(27-11-17)35-13-18-7-8-23(33)32(18)20/h3-6,9-12,18H,7-8,13H2,1-2H3,(H,26,29)(H,28,30,31)/t18-/m0/s1. The number of fused-ring (bicyclic) bond motifs is 3. The molecule has 0 aliphatic carbocycles. The number of carbonyl (C=O) groups is 1. The highest BCUT2D eigenvalue weighted by molar-refractivity contribution is 5.98. The number of pyridine rings is 2. The number of aromatic nitrogens is 5. The molecule has 0 radical (unpaired) electrons. The number of aryl methyl sites for hydroxylation is 1. The van der Waals surface area contributed by atoms with Crippen molar-refractivity contribution in [3.05, 3.63) is 54.6 Å². The molecule has 2 aliphatic heterocycles. The van der Waals surface area contributed by atoms with Crippen LogP contribution >= 0.6 is 0 Å². The molecule has 0 bridgehead atoms. The number of hydrogen-bond donors (Lipinski definition) is 2. The minimum atomic E-state index is 0.0729. The van der Waals surface area contributed by atoms with Gasteiger partial charge in [0.1, 0.15) is 29.7 Å². The van der Waals surface area contributed by atoms with E-state index in [0.29, 0.717) is 47.7 Å². The number of aromatic amines is 1. The van der Waals surface area contributed by atoms with Gasteiger partial charge in [0.15, 0.2) is 5.82 Å². The Balaban J connectivity index is 1.25. The summed E-state index contributed by atoms with van der Waals surface area (Å²) in [5, 5.41) is 10.3. The number of benzene rings is 1. The van der Waals surface area contributed by atoms with Crippen molar-refractivity contribution >= 4 is 23.1 Å². The summed E-state index contributed by atoms with van der Waals surface area (Å²) in [6.07, 6.45) is 4.77. The van der Waals surface area contributed by atoms with Gasteiger partial charge in [0.25, 0.3) is 0 Å². The van der Waals surface area contributed by atoms with Crippen molar-refractivity contribution in [3.63, 3.8) is 0 Å². The highest BCUT2D eigenvalue weighted by atomic mass is 16.5. The van der Waals surface area contributed by atoms with Gasteiger partial charge in [-0.2, -0.15) is 5.10 Å². The lowest BCUT2D eigenvalue weighted by molar-refractivity contribution is -0.117. The summed E-state index contributed by atoms with van der Waals surface area (Å²) in [7, 11) is 1.63. The molecule has 2 aliphatic rings. The van der Waals surface area contributed by atoms with E-state index in [4.69, 9.17) is 9.47 Å². The predicted molar refractivity (Wildman–Crippen MR) is 130 cm³/mol. The predicted octanol–water partition coefficient (Wildman–Crippen LogP) is 3.88. The van der Waals surface area contributed by atoms with Gasteiger partial charge in [-0.3, -0.25) is 9.89 Å². The summed E-state index contributed by atoms with van der Waals surface area (Å²) in [6.45, 7) is 2.35. The Kier molecular flexibility index (Phi) is 5.05. The van der Waals surface area contributed by atoms with E-state index in [9.17, 15) is 4.79 Å². The zero-order valence-electron chi connectivity index (χ0n) is 19.3. The SMILES string of the molecule is COc1cc(Nc2cnc3c(c2)N2C(=O)CC[C@H]2CO3)ncc1-c1ccc(-c2n[nH]c(C)n2)cc1. The van der Waals surface area contributed by atoms with Gasteiger partial charge in [0.2, 0.25) is 11.8 Å². The number of amides is 1. The third-order valence-corrected chi connectivity index (χ3v) is 6.24. The Labute approximate surface area is 201 Å². The molecular formula is C25H23N7O3. The van der Waals surface area contributed by atoms with Crippen LogP contribution < -0.4 is 19.7 Å². The molecule has 0 unspecified atom stereocenters. The first-order valence-electron chi connectivity index (χ1n) is 11.3. The van der Waals surface area contributed by atoms with Crippen LogP contribution in [0.2, 0.25) is 0 Å². The average molecular weight is 470 g/mol. The van der Waals surface area contributed by atoms with Crippen LogP contribution in [-0.2, 0) is 4.79 Å². The van der Waals surface area contributed by atoms with Gasteiger partial charge < -0.3 is 19.7 Å². The molecule has 5 heterocycles. The largest absolute Gasteiger partial charge is 0.496 e. The lowest BCUT2D eigenvalue weighted by Crippen LogP contribution is -2.40. The van der Waals surface area contributed by atoms with Gasteiger partial charge in [-0.25, -0.2) is 15.0 Å². The molecule has 10 heteroatoms. The second-order valence-electron chi connectivity index (χ2n) is 8.53. The number of rotatable bonds is 5. The molecule has 176 valence electrons. The van der Waals surface area contributed by atoms with Gasteiger partial charge in [-0.15, -0.1) is 0 Å². The molecule has 1 aromatic carbocycles. The molecule has 1 fully saturated rings. The lowest BCUT2D eigenvalue weighted by Gasteiger charge is -2.31. The molecule has 0 saturated carbocycles. The van der Waals surface area contributed by atoms with E-state index in [0.717, 1.165) is 28.9 Å². The van der Waals surface area contributed by atoms with Crippen molar-refractivity contribution in [1.29, 1.82) is 0 Å². The Morgan fingerprint density at radius 3 is 2.74 bits per heavy atom. The van der Waals surface area contributed by atoms with Gasteiger partial charge in [0.05, 0.1) is 25.0 Å². The van der Waals surface area contributed by atoms with Crippen molar-refractivity contribution in [2.45, 2.75) is 25.8 Å². The quantitative estimate of drug-likeness (QED) is 0.452. The molecule has 10 nitrogen and oxygen atoms in total. The zero-order valence-corrected chi connectivity index (χ0v) is 19.3. The van der Waals surface area contributed by atoms with E-state index in [2.05, 4.69) is 30.5 Å². The summed E-state index contributed by atoms with van der Waals surface area (Å²) in [5.41, 5.74) is 4.15. The minimum Gasteiger partial charge on any atom is -0.496 e. The van der Waals surface area contributed by atoms with Gasteiger partial charge in [-0.1, -0.05) is 24.3 Å². The van der Waals surface area contributed by atoms with Crippen molar-refractivity contribution in [2.24, 2.45) is 0 Å². The van der Waals surface area contributed by atoms with Crippen LogP contribution in [-0.4, -0.2) is 50.8 Å². The molecule has 6 rings (SSSR count). The molecule has 3 aromatic heterocycles. The molecular weight excluding hydrogens is 446 g/mol. The summed E-state index contributed by atoms with van der Waals surface area (Å²) < 4.78 is 11.4. The van der Waals surface area contributed by atoms with Gasteiger partial charge in [0, 0.05) is 29.8 Å². The van der Waals surface area contributed by atoms with Crippen LogP contribution in [0.3, 0.4) is 0 Å². The normalized spacial score (nSPS) is 16.5. The summed E-state index contributed by atoms with van der Waals surface area (Å²) >= 11 is 0. The molecule has 1 amide bonds. The maximum absolute atomic E-state index is 12.4. The van der Waals surface area contributed by atoms with Crippen molar-refractivity contribution in [3.8, 4) is 34.1 Å². The fraction of sp³-hybridized carbons (Fsp3) is 0.240. The van der Waals surface area contributed by atoms with E-state index in [1.807, 2.05) is 43.3 Å². The summed E-state index contributed by atoms with van der Waals surface area (Å²) in [5.74, 6) is 3.28. The zero-order chi connectivity index (χ0) is 23.9. The topological polar surface area (TPSA) is 118 Å². The average Bonchev–Trinajstić information content (AvgIpc) is 3.49. The van der Waals surface area contributed by atoms with Crippen LogP contribution in [0.25, 0.3) is 22.5 Å². The monoisotopic (exact) mass is 469 g/mol. The van der Waals surface area contributed by atoms with E-state index >= 15 is 0 Å². The smallest absolute Gasteiger partial charge is 0.238 e. The number of hydrogen-bond acceptors (Lipinski definition) is 8. The van der Waals surface area contributed by atoms with E-state index in [1.54, 1.807) is 24.4 Å². The first-order chi connectivity index (χ1) is 17.1. The number of nitrogens with one attached hydrogen (secondary N) is 2. The van der Waals surface area contributed by atoms with Gasteiger partial charge in [-0.05, 0) is 25.0 Å². The molecule has 4 aromatic rings. The lowest BCUT2D eigenvalue weighted by atomic mass is 10.0. The summed E-state index contributed by atoms with van der Waals surface area (Å²) in [4.78, 5) is 27.5. The van der Waals surface area contributed by atoms with Crippen molar-refractivity contribution < 1.29 is 14.3 Å². The number of H-pyrrole nitrogens is 1. The first-order valence-corrected chi connectivity index (χ1v) is 11.3. The second kappa shape index (κ2) is 8.39. The Bertz CT molecular complexity index is 1420. The third-order valence-electron chi connectivity index (χ3n) is 6.24. The number of nitrogens with zero attached hydrogens (tertiary/aromatic N) is 5. The molecule has 1 atom stereocenters. The Hall–Kier alpha value is -4.47. The van der Waals surface area contributed by atoms with Crippen molar-refractivity contribution in [1.82, 2.24) is 25.1 Å². The molecule has 35 heavy (non-hydrogen) atoms. The molecule has 0 spiro atoms. The fourth-order valence-electron chi connectivity index (χ4n) is 4.51. The number of ether oxygens (including phenoxy) is 2. The highest BCUT2D eigenvalue weighted by Gasteiger charge is 2.38. The number of anilines is 3. The highest BCUT2D eigenvalue weighted by Crippen LogP contribution is 2.39. The Morgan fingerprint density at radius 1 is 1.14 bits per heavy atom. The maximum atomic E-state index is 12.4. The Morgan fingerprint density at radius 2 is 1.97 bits per heavy atom. The fourth-order valence-corrected chi connectivity index (χ4v) is 4.51.